The molecule has 1 aromatic carbocycles. The second-order valence-corrected chi connectivity index (χ2v) is 6.63. The lowest BCUT2D eigenvalue weighted by Gasteiger charge is -2.20. The van der Waals surface area contributed by atoms with E-state index in [-0.39, 0.29) is 12.5 Å². The zero-order valence-electron chi connectivity index (χ0n) is 14.0. The molecular weight excluding hydrogens is 264 g/mol. The molecule has 0 saturated carbocycles. The Labute approximate surface area is 129 Å². The van der Waals surface area contributed by atoms with Gasteiger partial charge in [-0.1, -0.05) is 46.8 Å². The average molecular weight is 294 g/mol. The third kappa shape index (κ3) is 5.68. The van der Waals surface area contributed by atoms with Crippen molar-refractivity contribution in [2.75, 3.05) is 13.2 Å². The van der Waals surface area contributed by atoms with Crippen LogP contribution in [0, 0.1) is 5.92 Å². The average Bonchev–Trinajstić information content (AvgIpc) is 2.44. The molecule has 0 saturated heterocycles. The molecular formula is C18H30O3. The van der Waals surface area contributed by atoms with Gasteiger partial charge in [0.25, 0.3) is 0 Å². The first-order chi connectivity index (χ1) is 9.85. The highest BCUT2D eigenvalue weighted by Gasteiger charge is 2.15. The van der Waals surface area contributed by atoms with Gasteiger partial charge in [-0.05, 0) is 41.4 Å². The van der Waals surface area contributed by atoms with Crippen LogP contribution in [-0.2, 0) is 0 Å². The van der Waals surface area contributed by atoms with Crippen molar-refractivity contribution in [2.24, 2.45) is 5.92 Å². The van der Waals surface area contributed by atoms with Crippen LogP contribution in [0.15, 0.2) is 18.2 Å². The van der Waals surface area contributed by atoms with E-state index in [4.69, 9.17) is 9.84 Å². The van der Waals surface area contributed by atoms with Gasteiger partial charge in [-0.25, -0.2) is 0 Å². The molecule has 0 bridgehead atoms. The normalized spacial score (nSPS) is 14.5. The first kappa shape index (κ1) is 18.0. The minimum atomic E-state index is -0.653. The van der Waals surface area contributed by atoms with Crippen LogP contribution in [-0.4, -0.2) is 29.5 Å². The Morgan fingerprint density at radius 3 is 2.29 bits per heavy atom. The Morgan fingerprint density at radius 1 is 1.10 bits per heavy atom. The van der Waals surface area contributed by atoms with E-state index in [1.807, 2.05) is 6.07 Å². The third-order valence-corrected chi connectivity index (χ3v) is 3.63. The van der Waals surface area contributed by atoms with Gasteiger partial charge in [-0.3, -0.25) is 0 Å². The second kappa shape index (κ2) is 8.40. The lowest BCUT2D eigenvalue weighted by molar-refractivity contribution is 0.0835. The van der Waals surface area contributed by atoms with E-state index in [1.165, 1.54) is 11.1 Å². The molecule has 1 rings (SSSR count). The van der Waals surface area contributed by atoms with E-state index in [1.54, 1.807) is 0 Å². The minimum Gasteiger partial charge on any atom is -0.493 e. The van der Waals surface area contributed by atoms with Crippen LogP contribution in [0.5, 0.6) is 5.75 Å². The SMILES string of the molecule is CC(C)COc1ccc(C(C)CC(O)CO)cc1C(C)C. The van der Waals surface area contributed by atoms with E-state index in [0.29, 0.717) is 18.3 Å². The first-order valence-electron chi connectivity index (χ1n) is 7.90. The smallest absolute Gasteiger partial charge is 0.122 e. The van der Waals surface area contributed by atoms with Crippen molar-refractivity contribution in [3.63, 3.8) is 0 Å². The maximum atomic E-state index is 9.59. The number of rotatable bonds is 8. The van der Waals surface area contributed by atoms with Crippen molar-refractivity contribution in [1.29, 1.82) is 0 Å². The molecule has 2 N–H and O–H groups in total. The number of aliphatic hydroxyl groups is 2. The Morgan fingerprint density at radius 2 is 1.76 bits per heavy atom. The fourth-order valence-corrected chi connectivity index (χ4v) is 2.33. The van der Waals surface area contributed by atoms with Crippen molar-refractivity contribution in [2.45, 2.75) is 59.0 Å². The van der Waals surface area contributed by atoms with E-state index in [9.17, 15) is 5.11 Å². The van der Waals surface area contributed by atoms with Crippen molar-refractivity contribution < 1.29 is 14.9 Å². The fraction of sp³-hybridized carbons (Fsp3) is 0.667. The lowest BCUT2D eigenvalue weighted by atomic mass is 9.91. The summed E-state index contributed by atoms with van der Waals surface area (Å²) in [4.78, 5) is 0. The fourth-order valence-electron chi connectivity index (χ4n) is 2.33. The van der Waals surface area contributed by atoms with Gasteiger partial charge in [0.1, 0.15) is 5.75 Å². The van der Waals surface area contributed by atoms with E-state index < -0.39 is 6.10 Å². The maximum absolute atomic E-state index is 9.59. The Hall–Kier alpha value is -1.06. The zero-order chi connectivity index (χ0) is 16.0. The molecule has 3 nitrogen and oxygen atoms in total. The van der Waals surface area contributed by atoms with E-state index in [0.717, 1.165) is 12.4 Å². The molecule has 21 heavy (non-hydrogen) atoms. The van der Waals surface area contributed by atoms with Gasteiger partial charge in [-0.2, -0.15) is 0 Å². The van der Waals surface area contributed by atoms with Gasteiger partial charge in [-0.15, -0.1) is 0 Å². The summed E-state index contributed by atoms with van der Waals surface area (Å²) >= 11 is 0. The minimum absolute atomic E-state index is 0.184. The van der Waals surface area contributed by atoms with Crippen LogP contribution in [0.1, 0.15) is 64.0 Å². The predicted octanol–water partition coefficient (Wildman–Crippen LogP) is 3.69. The van der Waals surface area contributed by atoms with Crippen molar-refractivity contribution in [3.05, 3.63) is 29.3 Å². The van der Waals surface area contributed by atoms with Gasteiger partial charge < -0.3 is 14.9 Å². The van der Waals surface area contributed by atoms with Crippen LogP contribution >= 0.6 is 0 Å². The van der Waals surface area contributed by atoms with Crippen LogP contribution in [0.4, 0.5) is 0 Å². The molecule has 0 aliphatic heterocycles. The molecule has 2 unspecified atom stereocenters. The van der Waals surface area contributed by atoms with Crippen LogP contribution in [0.2, 0.25) is 0 Å². The summed E-state index contributed by atoms with van der Waals surface area (Å²) in [6.45, 7) is 11.2. The molecule has 0 aliphatic rings. The maximum Gasteiger partial charge on any atom is 0.122 e. The monoisotopic (exact) mass is 294 g/mol. The summed E-state index contributed by atoms with van der Waals surface area (Å²) in [7, 11) is 0. The molecule has 0 radical (unpaired) electrons. The number of aliphatic hydroxyl groups excluding tert-OH is 2. The Balaban J connectivity index is 2.91. The highest BCUT2D eigenvalue weighted by Crippen LogP contribution is 2.31. The third-order valence-electron chi connectivity index (χ3n) is 3.63. The molecule has 0 fully saturated rings. The summed E-state index contributed by atoms with van der Waals surface area (Å²) in [5, 5.41) is 18.6. The van der Waals surface area contributed by atoms with Crippen LogP contribution in [0.3, 0.4) is 0 Å². The van der Waals surface area contributed by atoms with Gasteiger partial charge >= 0.3 is 0 Å². The molecule has 0 amide bonds. The molecule has 120 valence electrons. The topological polar surface area (TPSA) is 49.7 Å². The molecule has 0 aromatic heterocycles. The van der Waals surface area contributed by atoms with E-state index >= 15 is 0 Å². The van der Waals surface area contributed by atoms with Crippen LogP contribution < -0.4 is 4.74 Å². The largest absolute Gasteiger partial charge is 0.493 e. The number of benzene rings is 1. The number of hydrogen-bond acceptors (Lipinski definition) is 3. The van der Waals surface area contributed by atoms with Crippen molar-refractivity contribution in [1.82, 2.24) is 0 Å². The number of ether oxygens (including phenoxy) is 1. The van der Waals surface area contributed by atoms with Gasteiger partial charge in [0.2, 0.25) is 0 Å². The second-order valence-electron chi connectivity index (χ2n) is 6.63. The summed E-state index contributed by atoms with van der Waals surface area (Å²) in [6, 6.07) is 6.28. The highest BCUT2D eigenvalue weighted by atomic mass is 16.5. The lowest BCUT2D eigenvalue weighted by Crippen LogP contribution is -2.15. The molecule has 1 aromatic rings. The summed E-state index contributed by atoms with van der Waals surface area (Å²) in [6.07, 6.45) is -0.0837. The summed E-state index contributed by atoms with van der Waals surface area (Å²) in [5.74, 6) is 2.06. The Kier molecular flexibility index (Phi) is 7.20. The Bertz CT molecular complexity index is 426. The summed E-state index contributed by atoms with van der Waals surface area (Å²) < 4.78 is 5.91. The standard InChI is InChI=1S/C18H30O3/c1-12(2)11-21-18-7-6-15(9-17(18)13(3)4)14(5)8-16(20)10-19/h6-7,9,12-14,16,19-20H,8,10-11H2,1-5H3. The van der Waals surface area contributed by atoms with Crippen molar-refractivity contribution >= 4 is 0 Å². The predicted molar refractivity (Wildman–Crippen MR) is 87.0 cm³/mol. The van der Waals surface area contributed by atoms with Crippen molar-refractivity contribution in [3.8, 4) is 5.75 Å². The van der Waals surface area contributed by atoms with Crippen LogP contribution in [0.25, 0.3) is 0 Å². The van der Waals surface area contributed by atoms with E-state index in [2.05, 4.69) is 46.8 Å². The molecule has 3 heteroatoms. The number of hydrogen-bond donors (Lipinski definition) is 2. The highest BCUT2D eigenvalue weighted by molar-refractivity contribution is 5.40. The molecule has 0 heterocycles. The van der Waals surface area contributed by atoms with Gasteiger partial charge in [0.15, 0.2) is 0 Å². The zero-order valence-corrected chi connectivity index (χ0v) is 14.0. The summed E-state index contributed by atoms with van der Waals surface area (Å²) in [5.41, 5.74) is 2.39. The molecule has 0 spiro atoms. The van der Waals surface area contributed by atoms with Gasteiger partial charge in [0, 0.05) is 0 Å². The first-order valence-corrected chi connectivity index (χ1v) is 7.90. The quantitative estimate of drug-likeness (QED) is 0.768. The molecule has 2 atom stereocenters. The molecule has 0 aliphatic carbocycles. The van der Waals surface area contributed by atoms with Gasteiger partial charge in [0.05, 0.1) is 19.3 Å².